The molecule has 0 spiro atoms. The second-order valence-corrected chi connectivity index (χ2v) is 11.9. The normalized spacial score (nSPS) is 14.3. The lowest BCUT2D eigenvalue weighted by atomic mass is 9.89. The van der Waals surface area contributed by atoms with Gasteiger partial charge in [-0.1, -0.05) is 24.3 Å². The molecule has 1 atom stereocenters. The predicted octanol–water partition coefficient (Wildman–Crippen LogP) is 5.28. The third-order valence-electron chi connectivity index (χ3n) is 9.01. The smallest absolute Gasteiger partial charge is 0.350 e. The summed E-state index contributed by atoms with van der Waals surface area (Å²) in [6.07, 6.45) is 4.05. The second-order valence-electron chi connectivity index (χ2n) is 11.9. The molecule has 0 N–H and O–H groups in total. The van der Waals surface area contributed by atoms with E-state index in [1.54, 1.807) is 6.07 Å². The van der Waals surface area contributed by atoms with E-state index in [-0.39, 0.29) is 11.3 Å². The van der Waals surface area contributed by atoms with E-state index < -0.39 is 35.7 Å². The Hall–Kier alpha value is -5.86. The zero-order valence-electron chi connectivity index (χ0n) is 26.9. The van der Waals surface area contributed by atoms with Crippen molar-refractivity contribution >= 4 is 11.4 Å². The number of tetrazole rings is 1. The van der Waals surface area contributed by atoms with Gasteiger partial charge in [0.15, 0.2) is 0 Å². The maximum absolute atomic E-state index is 16.0. The summed E-state index contributed by atoms with van der Waals surface area (Å²) in [6, 6.07) is 21.0. The highest BCUT2D eigenvalue weighted by Crippen LogP contribution is 2.43. The van der Waals surface area contributed by atoms with E-state index in [4.69, 9.17) is 0 Å². The Bertz CT molecular complexity index is 2110. The van der Waals surface area contributed by atoms with Crippen molar-refractivity contribution in [2.45, 2.75) is 31.9 Å². The average molecular weight is 685 g/mol. The van der Waals surface area contributed by atoms with Crippen molar-refractivity contribution in [3.8, 4) is 16.8 Å². The number of hydrogen-bond acceptors (Lipinski definition) is 8. The molecule has 0 aliphatic carbocycles. The first-order valence-electron chi connectivity index (χ1n) is 16.1. The fraction of sp³-hybridized carbons (Fsp3) is 0.257. The van der Waals surface area contributed by atoms with Gasteiger partial charge in [0, 0.05) is 61.9 Å². The molecule has 3 aromatic heterocycles. The summed E-state index contributed by atoms with van der Waals surface area (Å²) in [5.41, 5.74) is 3.21. The van der Waals surface area contributed by atoms with E-state index in [1.165, 1.54) is 27.8 Å². The summed E-state index contributed by atoms with van der Waals surface area (Å²) in [4.78, 5) is 21.1. The Balaban J connectivity index is 1.01. The molecule has 0 bridgehead atoms. The van der Waals surface area contributed by atoms with Crippen molar-refractivity contribution in [3.63, 3.8) is 0 Å². The van der Waals surface area contributed by atoms with Gasteiger partial charge in [-0.05, 0) is 77.0 Å². The average Bonchev–Trinajstić information content (AvgIpc) is 3.80. The highest BCUT2D eigenvalue weighted by atomic mass is 19.3. The van der Waals surface area contributed by atoms with Gasteiger partial charge in [0.1, 0.15) is 30.0 Å². The highest BCUT2D eigenvalue weighted by Gasteiger charge is 2.45. The van der Waals surface area contributed by atoms with Gasteiger partial charge in [0.2, 0.25) is 0 Å². The van der Waals surface area contributed by atoms with E-state index in [0.717, 1.165) is 71.9 Å². The van der Waals surface area contributed by atoms with Crippen LogP contribution in [0.2, 0.25) is 0 Å². The molecule has 1 aliphatic heterocycles. The molecule has 50 heavy (non-hydrogen) atoms. The Morgan fingerprint density at radius 1 is 0.800 bits per heavy atom. The van der Waals surface area contributed by atoms with Crippen molar-refractivity contribution in [2.24, 2.45) is 0 Å². The number of rotatable bonds is 10. The van der Waals surface area contributed by atoms with Crippen molar-refractivity contribution in [3.05, 3.63) is 131 Å². The molecular formula is C35H32F4N10O. The maximum Gasteiger partial charge on any atom is 0.350 e. The van der Waals surface area contributed by atoms with E-state index >= 15 is 8.78 Å². The minimum Gasteiger partial charge on any atom is -0.368 e. The summed E-state index contributed by atoms with van der Waals surface area (Å²) >= 11 is 0. The van der Waals surface area contributed by atoms with Crippen molar-refractivity contribution in [1.29, 1.82) is 0 Å². The Labute approximate surface area is 284 Å². The van der Waals surface area contributed by atoms with Crippen LogP contribution in [0.3, 0.4) is 0 Å². The third-order valence-corrected chi connectivity index (χ3v) is 9.01. The number of piperazine rings is 1. The number of hydrogen-bond donors (Lipinski definition) is 0. The van der Waals surface area contributed by atoms with Gasteiger partial charge in [-0.3, -0.25) is 4.98 Å². The standard InChI is InChI=1S/C35H32F4N10O/c1-2-49-34(50)48(23-42-49)29-11-9-28(10-12-29)46-17-15-45(16-18-46)27-7-3-24(4-8-27)25-5-14-33(40-20-25)35(38,39)31(21-47-22-41-43-44-47)30-13-6-26(36)19-32(30)37/h3-14,19-20,22-23,31H,2,15-18,21H2,1H3/t31-/m1/s1. The second kappa shape index (κ2) is 13.6. The van der Waals surface area contributed by atoms with Crippen LogP contribution < -0.4 is 15.5 Å². The van der Waals surface area contributed by atoms with Crippen LogP contribution in [0.4, 0.5) is 28.9 Å². The van der Waals surface area contributed by atoms with Crippen LogP contribution in [0.5, 0.6) is 0 Å². The van der Waals surface area contributed by atoms with Gasteiger partial charge in [0.05, 0.1) is 18.2 Å². The SMILES string of the molecule is CCn1ncn(-c2ccc(N3CCN(c4ccc(-c5ccc(C(F)(F)[C@H](Cn6cnnn6)c6ccc(F)cc6F)nc5)cc4)CC3)cc2)c1=O. The number of halogens is 4. The van der Waals surface area contributed by atoms with Crippen LogP contribution in [0, 0.1) is 11.6 Å². The zero-order chi connectivity index (χ0) is 34.8. The predicted molar refractivity (Wildman–Crippen MR) is 178 cm³/mol. The number of aromatic nitrogens is 8. The molecule has 0 radical (unpaired) electrons. The minimum absolute atomic E-state index is 0.169. The molecule has 7 rings (SSSR count). The summed E-state index contributed by atoms with van der Waals surface area (Å²) in [5.74, 6) is -7.36. The van der Waals surface area contributed by atoms with Gasteiger partial charge >= 0.3 is 5.69 Å². The number of alkyl halides is 2. The topological polar surface area (TPSA) is 103 Å². The van der Waals surface area contributed by atoms with Gasteiger partial charge in [0.25, 0.3) is 5.92 Å². The van der Waals surface area contributed by atoms with Crippen LogP contribution >= 0.6 is 0 Å². The first-order valence-corrected chi connectivity index (χ1v) is 16.1. The fourth-order valence-corrected chi connectivity index (χ4v) is 6.23. The Morgan fingerprint density at radius 3 is 2.00 bits per heavy atom. The van der Waals surface area contributed by atoms with E-state index in [2.05, 4.69) is 35.4 Å². The van der Waals surface area contributed by atoms with E-state index in [9.17, 15) is 13.6 Å². The number of pyridine rings is 1. The summed E-state index contributed by atoms with van der Waals surface area (Å²) in [6.45, 7) is 5.16. The molecule has 1 aliphatic rings. The number of benzene rings is 3. The molecule has 11 nitrogen and oxygen atoms in total. The minimum atomic E-state index is -3.64. The molecule has 3 aromatic carbocycles. The number of aryl methyl sites for hydroxylation is 1. The molecular weight excluding hydrogens is 652 g/mol. The van der Waals surface area contributed by atoms with E-state index in [1.807, 2.05) is 55.5 Å². The molecule has 0 unspecified atom stereocenters. The van der Waals surface area contributed by atoms with Gasteiger partial charge in [-0.2, -0.15) is 13.9 Å². The molecule has 0 saturated carbocycles. The largest absolute Gasteiger partial charge is 0.368 e. The van der Waals surface area contributed by atoms with Crippen molar-refractivity contribution < 1.29 is 17.6 Å². The van der Waals surface area contributed by atoms with Crippen molar-refractivity contribution in [1.82, 2.24) is 39.5 Å². The van der Waals surface area contributed by atoms with Crippen molar-refractivity contribution in [2.75, 3.05) is 36.0 Å². The fourth-order valence-electron chi connectivity index (χ4n) is 6.23. The number of anilines is 2. The molecule has 256 valence electrons. The van der Waals surface area contributed by atoms with Gasteiger partial charge in [-0.25, -0.2) is 27.5 Å². The molecule has 6 aromatic rings. The van der Waals surface area contributed by atoms with E-state index in [0.29, 0.717) is 18.2 Å². The molecule has 1 saturated heterocycles. The lowest BCUT2D eigenvalue weighted by Gasteiger charge is -2.37. The number of nitrogens with zero attached hydrogens (tertiary/aromatic N) is 10. The van der Waals surface area contributed by atoms with Crippen LogP contribution in [-0.4, -0.2) is 65.7 Å². The summed E-state index contributed by atoms with van der Waals surface area (Å²) in [7, 11) is 0. The van der Waals surface area contributed by atoms with Crippen LogP contribution in [0.25, 0.3) is 16.8 Å². The van der Waals surface area contributed by atoms with Gasteiger partial charge in [-0.15, -0.1) is 5.10 Å². The van der Waals surface area contributed by atoms with Crippen LogP contribution in [0.15, 0.2) is 103 Å². The third kappa shape index (κ3) is 6.45. The zero-order valence-corrected chi connectivity index (χ0v) is 26.9. The van der Waals surface area contributed by atoms with Crippen LogP contribution in [-0.2, 0) is 19.0 Å². The lowest BCUT2D eigenvalue weighted by Crippen LogP contribution is -2.46. The lowest BCUT2D eigenvalue weighted by molar-refractivity contribution is -0.0455. The summed E-state index contributed by atoms with van der Waals surface area (Å²) < 4.78 is 64.4. The molecule has 0 amide bonds. The summed E-state index contributed by atoms with van der Waals surface area (Å²) in [5, 5.41) is 14.7. The molecule has 1 fully saturated rings. The molecule has 15 heteroatoms. The highest BCUT2D eigenvalue weighted by molar-refractivity contribution is 5.66. The van der Waals surface area contributed by atoms with Crippen LogP contribution in [0.1, 0.15) is 24.1 Å². The molecule has 4 heterocycles. The first kappa shape index (κ1) is 32.7. The maximum atomic E-state index is 16.0. The quantitative estimate of drug-likeness (QED) is 0.180. The van der Waals surface area contributed by atoms with Gasteiger partial charge < -0.3 is 9.80 Å². The first-order chi connectivity index (χ1) is 24.2. The monoisotopic (exact) mass is 684 g/mol. The Morgan fingerprint density at radius 2 is 1.44 bits per heavy atom. The Kier molecular flexibility index (Phi) is 8.87.